The standard InChI is InChI=1S/C73H96N2O4/c1-50-25-35-60(36-26-50)72-71-55(6)54(5)44-66(71)70-53(4)27-39-65(70)67(74-72)47-63(77)45-58-30-28-56(29-31-58)22-16-13-11-10-12-14-18-41-79-42-19-15-17-23-62(76)46-61(73(7,8)9)49-75-48-51(2)43-68(75)69(78)40-34-57-32-37-59(38-33-57)64-24-20-21-52(64)3/h20-21,25-33,35-39,51,61,67-68,70H,10-19,22-24,34,40-49H2,1-9H3/t51?,61?,67?,68-,70?/m0/s1. The summed E-state index contributed by atoms with van der Waals surface area (Å²) in [4.78, 5) is 48.9. The topological polar surface area (TPSA) is 76.0 Å². The van der Waals surface area contributed by atoms with Crippen LogP contribution >= 0.6 is 0 Å². The highest BCUT2D eigenvalue weighted by Gasteiger charge is 2.40. The monoisotopic (exact) mass is 1060 g/mol. The molecule has 6 nitrogen and oxygen atoms in total. The molecule has 1 saturated heterocycles. The highest BCUT2D eigenvalue weighted by atomic mass is 16.5. The summed E-state index contributed by atoms with van der Waals surface area (Å²) in [5.74, 6) is 1.89. The Morgan fingerprint density at radius 2 is 1.34 bits per heavy atom. The molecule has 0 aromatic heterocycles. The maximum absolute atomic E-state index is 13.8. The number of unbranched alkanes of at least 4 members (excludes halogenated alkanes) is 8. The van der Waals surface area contributed by atoms with E-state index in [1.165, 1.54) is 105 Å². The number of likely N-dealkylation sites (tertiary alicyclic amines) is 1. The summed E-state index contributed by atoms with van der Waals surface area (Å²) < 4.78 is 6.00. The molecule has 4 unspecified atom stereocenters. The van der Waals surface area contributed by atoms with Crippen molar-refractivity contribution in [3.63, 3.8) is 0 Å². The first kappa shape index (κ1) is 59.8. The minimum atomic E-state index is -0.169. The number of carbonyl (C=O) groups is 3. The van der Waals surface area contributed by atoms with Gasteiger partial charge in [0.05, 0.1) is 17.8 Å². The van der Waals surface area contributed by atoms with Gasteiger partial charge >= 0.3 is 0 Å². The van der Waals surface area contributed by atoms with Gasteiger partial charge in [0.15, 0.2) is 0 Å². The second-order valence-electron chi connectivity index (χ2n) is 25.8. The van der Waals surface area contributed by atoms with Gasteiger partial charge in [0, 0.05) is 75.5 Å². The van der Waals surface area contributed by atoms with Crippen LogP contribution in [0.5, 0.6) is 0 Å². The van der Waals surface area contributed by atoms with E-state index in [4.69, 9.17) is 9.73 Å². The first-order valence-electron chi connectivity index (χ1n) is 30.9. The molecule has 5 aliphatic rings. The minimum absolute atomic E-state index is 0.0142. The molecule has 8 rings (SSSR count). The summed E-state index contributed by atoms with van der Waals surface area (Å²) >= 11 is 0. The molecule has 422 valence electrons. The fourth-order valence-corrected chi connectivity index (χ4v) is 13.2. The van der Waals surface area contributed by atoms with Crippen LogP contribution in [0.1, 0.15) is 198 Å². The number of Topliss-reactive ketones (excluding diaryl/α,β-unsaturated/α-hetero) is 3. The molecule has 6 heteroatoms. The quantitative estimate of drug-likeness (QED) is 0.0622. The molecule has 3 aromatic carbocycles. The fraction of sp³-hybridized carbons (Fsp3) is 0.534. The van der Waals surface area contributed by atoms with E-state index < -0.39 is 0 Å². The van der Waals surface area contributed by atoms with Crippen LogP contribution in [0.2, 0.25) is 0 Å². The zero-order chi connectivity index (χ0) is 56.1. The highest BCUT2D eigenvalue weighted by Crippen LogP contribution is 2.48. The van der Waals surface area contributed by atoms with Crippen molar-refractivity contribution in [3.05, 3.63) is 169 Å². The summed E-state index contributed by atoms with van der Waals surface area (Å²) in [5.41, 5.74) is 19.3. The zero-order valence-corrected chi connectivity index (χ0v) is 50.1. The molecular formula is C73H96N2O4. The Kier molecular flexibility index (Phi) is 21.5. The number of carbonyl (C=O) groups excluding carboxylic acids is 3. The maximum atomic E-state index is 13.8. The van der Waals surface area contributed by atoms with Crippen LogP contribution in [-0.4, -0.2) is 66.3 Å². The number of rotatable bonds is 30. The Morgan fingerprint density at radius 3 is 2.03 bits per heavy atom. The number of aryl methyl sites for hydroxylation is 3. The van der Waals surface area contributed by atoms with E-state index in [9.17, 15) is 14.4 Å². The van der Waals surface area contributed by atoms with Crippen LogP contribution in [0.3, 0.4) is 0 Å². The smallest absolute Gasteiger partial charge is 0.150 e. The molecule has 0 spiro atoms. The summed E-state index contributed by atoms with van der Waals surface area (Å²) in [6.45, 7) is 23.4. The fourth-order valence-electron chi connectivity index (χ4n) is 13.2. The van der Waals surface area contributed by atoms with Crippen LogP contribution in [-0.2, 0) is 38.4 Å². The maximum Gasteiger partial charge on any atom is 0.150 e. The molecule has 79 heavy (non-hydrogen) atoms. The highest BCUT2D eigenvalue weighted by molar-refractivity contribution is 6.17. The summed E-state index contributed by atoms with van der Waals surface area (Å²) in [6.07, 6.45) is 27.8. The van der Waals surface area contributed by atoms with Crippen LogP contribution in [0.25, 0.3) is 5.57 Å². The minimum Gasteiger partial charge on any atom is -0.381 e. The van der Waals surface area contributed by atoms with Gasteiger partial charge in [0.25, 0.3) is 0 Å². The molecule has 3 aliphatic carbocycles. The number of allylic oxidation sites excluding steroid dienone is 11. The lowest BCUT2D eigenvalue weighted by Crippen LogP contribution is -2.42. The lowest BCUT2D eigenvalue weighted by atomic mass is 9.77. The van der Waals surface area contributed by atoms with Gasteiger partial charge in [-0.15, -0.1) is 0 Å². The summed E-state index contributed by atoms with van der Waals surface area (Å²) in [6, 6.07) is 26.1. The number of fused-ring (bicyclic) bond motifs is 2. The predicted octanol–water partition coefficient (Wildman–Crippen LogP) is 17.0. The number of hydrogen-bond donors (Lipinski definition) is 0. The van der Waals surface area contributed by atoms with Crippen molar-refractivity contribution >= 4 is 28.6 Å². The van der Waals surface area contributed by atoms with Crippen LogP contribution < -0.4 is 0 Å². The molecule has 2 aliphatic heterocycles. The van der Waals surface area contributed by atoms with E-state index >= 15 is 0 Å². The Bertz CT molecular complexity index is 2820. The number of ketones is 3. The van der Waals surface area contributed by atoms with E-state index in [1.54, 1.807) is 0 Å². The Balaban J connectivity index is 0.651. The number of aliphatic imine (C=N–C) groups is 1. The lowest BCUT2D eigenvalue weighted by molar-refractivity contribution is -0.124. The number of benzene rings is 3. The van der Waals surface area contributed by atoms with Crippen LogP contribution in [0.4, 0.5) is 0 Å². The average molecular weight is 1070 g/mol. The second kappa shape index (κ2) is 28.4. The molecule has 0 amide bonds. The first-order chi connectivity index (χ1) is 38.0. The van der Waals surface area contributed by atoms with E-state index in [2.05, 4.69) is 164 Å². The average Bonchev–Trinajstić information content (AvgIpc) is 4.40. The van der Waals surface area contributed by atoms with E-state index in [0.717, 1.165) is 101 Å². The molecular weight excluding hydrogens is 969 g/mol. The summed E-state index contributed by atoms with van der Waals surface area (Å²) in [7, 11) is 0. The van der Waals surface area contributed by atoms with Crippen molar-refractivity contribution in [1.29, 1.82) is 0 Å². The molecule has 0 bridgehead atoms. The van der Waals surface area contributed by atoms with Gasteiger partial charge in [-0.3, -0.25) is 24.3 Å². The van der Waals surface area contributed by atoms with E-state index in [1.807, 2.05) is 0 Å². The van der Waals surface area contributed by atoms with E-state index in [0.29, 0.717) is 49.6 Å². The largest absolute Gasteiger partial charge is 0.381 e. The van der Waals surface area contributed by atoms with Gasteiger partial charge in [0.1, 0.15) is 17.3 Å². The van der Waals surface area contributed by atoms with Gasteiger partial charge in [-0.2, -0.15) is 0 Å². The molecule has 0 radical (unpaired) electrons. The van der Waals surface area contributed by atoms with Gasteiger partial charge in [-0.05, 0) is 160 Å². The van der Waals surface area contributed by atoms with Crippen molar-refractivity contribution in [2.24, 2.45) is 28.2 Å². The van der Waals surface area contributed by atoms with Gasteiger partial charge in [0.2, 0.25) is 0 Å². The van der Waals surface area contributed by atoms with Crippen molar-refractivity contribution in [3.8, 4) is 0 Å². The van der Waals surface area contributed by atoms with Crippen molar-refractivity contribution < 1.29 is 19.1 Å². The Labute approximate surface area is 477 Å². The zero-order valence-electron chi connectivity index (χ0n) is 50.1. The van der Waals surface area contributed by atoms with Crippen molar-refractivity contribution in [2.75, 3.05) is 26.3 Å². The molecule has 0 saturated carbocycles. The van der Waals surface area contributed by atoms with Crippen LogP contribution in [0.15, 0.2) is 141 Å². The third-order valence-corrected chi connectivity index (χ3v) is 18.3. The third kappa shape index (κ3) is 16.4. The molecule has 3 aromatic rings. The molecule has 1 fully saturated rings. The number of ether oxygens (including phenoxy) is 1. The summed E-state index contributed by atoms with van der Waals surface area (Å²) in [5, 5.41) is 0. The van der Waals surface area contributed by atoms with Gasteiger partial charge in [-0.25, -0.2) is 0 Å². The Hall–Kier alpha value is -5.30. The van der Waals surface area contributed by atoms with Crippen LogP contribution in [0, 0.1) is 30.1 Å². The number of hydrogen-bond acceptors (Lipinski definition) is 6. The first-order valence-corrected chi connectivity index (χ1v) is 30.9. The third-order valence-electron chi connectivity index (χ3n) is 18.3. The lowest BCUT2D eigenvalue weighted by Gasteiger charge is -2.35. The van der Waals surface area contributed by atoms with Gasteiger partial charge in [-0.1, -0.05) is 180 Å². The normalized spacial score (nSPS) is 20.6. The van der Waals surface area contributed by atoms with Crippen molar-refractivity contribution in [2.45, 2.75) is 203 Å². The van der Waals surface area contributed by atoms with Gasteiger partial charge < -0.3 is 4.74 Å². The Morgan fingerprint density at radius 1 is 0.709 bits per heavy atom. The van der Waals surface area contributed by atoms with E-state index in [-0.39, 0.29) is 35.1 Å². The molecule has 0 N–H and O–H groups in total. The van der Waals surface area contributed by atoms with Crippen molar-refractivity contribution in [1.82, 2.24) is 4.90 Å². The number of nitrogens with zero attached hydrogens (tertiary/aromatic N) is 2. The second-order valence-corrected chi connectivity index (χ2v) is 25.8. The SMILES string of the molecule is CC1=CC=C2C(CC(=O)Cc3ccc(CCCCCCCCCOCCCCCC(=O)CC(CN4CC(C)C[C@H]4C(=O)CCc4ccc(C5=C(C)C=CC5)cc4)C(C)(C)C)cc3)N=C(c3ccc(C)cc3)C3=C(CC(C)=C3C)C12. The molecule has 2 heterocycles. The predicted molar refractivity (Wildman–Crippen MR) is 330 cm³/mol. The molecule has 5 atom stereocenters.